The second-order valence-corrected chi connectivity index (χ2v) is 13.1. The molecule has 0 heterocycles. The summed E-state index contributed by atoms with van der Waals surface area (Å²) in [5, 5.41) is 24.6. The van der Waals surface area contributed by atoms with E-state index in [2.05, 4.69) is 6.58 Å². The van der Waals surface area contributed by atoms with Gasteiger partial charge in [0.1, 0.15) is 17.8 Å². The van der Waals surface area contributed by atoms with Crippen LogP contribution in [0.4, 0.5) is 0 Å². The van der Waals surface area contributed by atoms with Crippen LogP contribution in [-0.4, -0.2) is 76.0 Å². The molecule has 8 atom stereocenters. The smallest absolute Gasteiger partial charge is 0.331 e. The van der Waals surface area contributed by atoms with E-state index in [1.54, 1.807) is 39.0 Å². The molecule has 8 unspecified atom stereocenters. The molecular formula is C35H42O11. The predicted octanol–water partition coefficient (Wildman–Crippen LogP) is 3.41. The topological polar surface area (TPSA) is 163 Å². The SMILES string of the molecule is C=C1C(OC(=O)C=Cc2ccccc2)CC(O)C2(C)C(OC(C)=O)C(OC(C)=O)C3=C(C)C(=O)CC(O)(C(OC(C)=O)C12)C3(C)C. The summed E-state index contributed by atoms with van der Waals surface area (Å²) in [5.74, 6) is -4.88. The molecule has 0 aliphatic heterocycles. The molecule has 11 heteroatoms. The van der Waals surface area contributed by atoms with E-state index < -0.39 is 89.0 Å². The van der Waals surface area contributed by atoms with Crippen LogP contribution in [0.3, 0.4) is 0 Å². The molecule has 46 heavy (non-hydrogen) atoms. The number of aliphatic hydroxyl groups is 2. The van der Waals surface area contributed by atoms with Gasteiger partial charge in [-0.15, -0.1) is 0 Å². The van der Waals surface area contributed by atoms with E-state index >= 15 is 0 Å². The highest BCUT2D eigenvalue weighted by atomic mass is 16.6. The number of ketones is 1. The van der Waals surface area contributed by atoms with Crippen molar-refractivity contribution in [3.05, 3.63) is 65.3 Å². The van der Waals surface area contributed by atoms with Crippen molar-refractivity contribution in [2.75, 3.05) is 0 Å². The summed E-state index contributed by atoms with van der Waals surface area (Å²) in [6, 6.07) is 9.04. The molecule has 1 aromatic carbocycles. The summed E-state index contributed by atoms with van der Waals surface area (Å²) in [4.78, 5) is 64.6. The number of fused-ring (bicyclic) bond motifs is 3. The molecule has 2 fully saturated rings. The van der Waals surface area contributed by atoms with Gasteiger partial charge in [-0.2, -0.15) is 0 Å². The van der Waals surface area contributed by atoms with Gasteiger partial charge in [-0.1, -0.05) is 57.7 Å². The number of ether oxygens (including phenoxy) is 4. The summed E-state index contributed by atoms with van der Waals surface area (Å²) >= 11 is 0. The molecule has 2 saturated carbocycles. The van der Waals surface area contributed by atoms with Crippen molar-refractivity contribution in [1.82, 2.24) is 0 Å². The first kappa shape index (κ1) is 34.8. The minimum atomic E-state index is -2.14. The number of carbonyl (C=O) groups excluding carboxylic acids is 5. The Morgan fingerprint density at radius 1 is 0.913 bits per heavy atom. The fraction of sp³-hybridized carbons (Fsp3) is 0.514. The number of carbonyl (C=O) groups is 5. The van der Waals surface area contributed by atoms with Crippen molar-refractivity contribution < 1.29 is 53.1 Å². The minimum absolute atomic E-state index is 0.144. The Hall–Kier alpha value is -4.09. The molecular weight excluding hydrogens is 596 g/mol. The van der Waals surface area contributed by atoms with Crippen LogP contribution in [0.2, 0.25) is 0 Å². The molecule has 3 aliphatic rings. The number of aliphatic hydroxyl groups excluding tert-OH is 1. The number of hydrogen-bond acceptors (Lipinski definition) is 11. The van der Waals surface area contributed by atoms with Gasteiger partial charge in [0.05, 0.1) is 6.10 Å². The number of allylic oxidation sites excluding steroid dienone is 1. The molecule has 0 spiro atoms. The van der Waals surface area contributed by atoms with E-state index in [1.165, 1.54) is 13.0 Å². The zero-order valence-corrected chi connectivity index (χ0v) is 27.2. The monoisotopic (exact) mass is 638 g/mol. The maximum atomic E-state index is 13.6. The second kappa shape index (κ2) is 12.6. The number of rotatable bonds is 6. The summed E-state index contributed by atoms with van der Waals surface area (Å²) in [6.07, 6.45) is -4.98. The molecule has 0 amide bonds. The Kier molecular flexibility index (Phi) is 9.53. The zero-order chi connectivity index (χ0) is 34.4. The van der Waals surface area contributed by atoms with Gasteiger partial charge in [0.2, 0.25) is 0 Å². The minimum Gasteiger partial charge on any atom is -0.459 e. The largest absolute Gasteiger partial charge is 0.459 e. The molecule has 3 aliphatic carbocycles. The fourth-order valence-corrected chi connectivity index (χ4v) is 7.57. The standard InChI is InChI=1S/C35H42O11/c1-18-24(39)17-35(42)31(44-21(4)37)29-19(2)25(46-27(41)15-14-23-12-10-9-11-13-23)16-26(40)34(29,8)32(45-22(5)38)30(43-20(3)36)28(18)33(35,6)7/h9-15,25-26,29-32,40,42H,2,16-17H2,1,3-8H3. The lowest BCUT2D eigenvalue weighted by molar-refractivity contribution is -0.250. The highest BCUT2D eigenvalue weighted by molar-refractivity contribution is 5.98. The van der Waals surface area contributed by atoms with E-state index in [9.17, 15) is 34.2 Å². The third-order valence-corrected chi connectivity index (χ3v) is 9.94. The van der Waals surface area contributed by atoms with E-state index in [-0.39, 0.29) is 23.1 Å². The zero-order valence-electron chi connectivity index (χ0n) is 27.2. The van der Waals surface area contributed by atoms with Crippen molar-refractivity contribution in [1.29, 1.82) is 0 Å². The number of benzene rings is 1. The van der Waals surface area contributed by atoms with Crippen LogP contribution >= 0.6 is 0 Å². The Balaban J connectivity index is 1.95. The third kappa shape index (κ3) is 5.93. The van der Waals surface area contributed by atoms with Crippen LogP contribution in [0, 0.1) is 16.7 Å². The van der Waals surface area contributed by atoms with E-state index in [4.69, 9.17) is 18.9 Å². The van der Waals surface area contributed by atoms with Gasteiger partial charge in [-0.3, -0.25) is 19.2 Å². The lowest BCUT2D eigenvalue weighted by Crippen LogP contribution is -2.73. The van der Waals surface area contributed by atoms with Gasteiger partial charge >= 0.3 is 23.9 Å². The van der Waals surface area contributed by atoms with Gasteiger partial charge in [0.15, 0.2) is 18.0 Å². The van der Waals surface area contributed by atoms with Crippen LogP contribution in [0.15, 0.2) is 59.7 Å². The maximum Gasteiger partial charge on any atom is 0.331 e. The highest BCUT2D eigenvalue weighted by Gasteiger charge is 2.71. The lowest BCUT2D eigenvalue weighted by Gasteiger charge is -2.62. The summed E-state index contributed by atoms with van der Waals surface area (Å²) < 4.78 is 23.4. The number of hydrogen-bond donors (Lipinski definition) is 2. The fourth-order valence-electron chi connectivity index (χ4n) is 7.57. The Morgan fingerprint density at radius 3 is 2.04 bits per heavy atom. The van der Waals surface area contributed by atoms with Crippen LogP contribution in [-0.2, 0) is 42.9 Å². The van der Waals surface area contributed by atoms with Gasteiger partial charge < -0.3 is 29.2 Å². The van der Waals surface area contributed by atoms with Crippen LogP contribution in [0.25, 0.3) is 6.08 Å². The first-order valence-electron chi connectivity index (χ1n) is 15.1. The van der Waals surface area contributed by atoms with Gasteiger partial charge in [-0.25, -0.2) is 4.79 Å². The molecule has 11 nitrogen and oxygen atoms in total. The molecule has 4 rings (SSSR count). The summed E-state index contributed by atoms with van der Waals surface area (Å²) in [5.41, 5.74) is -4.00. The Labute approximate surface area is 268 Å². The van der Waals surface area contributed by atoms with E-state index in [0.717, 1.165) is 26.3 Å². The first-order valence-corrected chi connectivity index (χ1v) is 15.1. The van der Waals surface area contributed by atoms with Gasteiger partial charge in [0.25, 0.3) is 0 Å². The Morgan fingerprint density at radius 2 is 1.48 bits per heavy atom. The Bertz CT molecular complexity index is 1510. The van der Waals surface area contributed by atoms with Gasteiger partial charge in [0, 0.05) is 56.4 Å². The van der Waals surface area contributed by atoms with Crippen molar-refractivity contribution >= 4 is 35.7 Å². The second-order valence-electron chi connectivity index (χ2n) is 13.1. The average molecular weight is 639 g/mol. The molecule has 2 bridgehead atoms. The number of Topliss-reactive ketones (excluding diaryl/α,β-unsaturated/α-hetero) is 1. The van der Waals surface area contributed by atoms with Crippen molar-refractivity contribution in [2.45, 2.75) is 97.4 Å². The summed E-state index contributed by atoms with van der Waals surface area (Å²) in [6.45, 7) is 14.0. The number of esters is 4. The third-order valence-electron chi connectivity index (χ3n) is 9.94. The summed E-state index contributed by atoms with van der Waals surface area (Å²) in [7, 11) is 0. The maximum absolute atomic E-state index is 13.6. The van der Waals surface area contributed by atoms with Crippen LogP contribution in [0.1, 0.15) is 66.9 Å². The van der Waals surface area contributed by atoms with Crippen molar-refractivity contribution in [3.8, 4) is 0 Å². The normalized spacial score (nSPS) is 33.8. The first-order chi connectivity index (χ1) is 21.4. The van der Waals surface area contributed by atoms with Crippen molar-refractivity contribution in [3.63, 3.8) is 0 Å². The van der Waals surface area contributed by atoms with E-state index in [1.807, 2.05) is 18.2 Å². The van der Waals surface area contributed by atoms with E-state index in [0.29, 0.717) is 0 Å². The molecule has 2 N–H and O–H groups in total. The molecule has 0 saturated heterocycles. The van der Waals surface area contributed by atoms with Gasteiger partial charge in [-0.05, 0) is 35.3 Å². The van der Waals surface area contributed by atoms with Crippen LogP contribution < -0.4 is 0 Å². The van der Waals surface area contributed by atoms with Crippen molar-refractivity contribution in [2.24, 2.45) is 16.7 Å². The quantitative estimate of drug-likeness (QED) is 0.203. The molecule has 1 aromatic rings. The molecule has 248 valence electrons. The van der Waals surface area contributed by atoms with Crippen LogP contribution in [0.5, 0.6) is 0 Å². The predicted molar refractivity (Wildman–Crippen MR) is 164 cm³/mol. The molecule has 0 radical (unpaired) electrons. The molecule has 0 aromatic heterocycles. The lowest BCUT2D eigenvalue weighted by atomic mass is 9.47. The average Bonchev–Trinajstić information content (AvgIpc) is 2.95. The highest BCUT2D eigenvalue weighted by Crippen LogP contribution is 2.62.